The van der Waals surface area contributed by atoms with Gasteiger partial charge in [-0.15, -0.1) is 0 Å². The fourth-order valence-electron chi connectivity index (χ4n) is 2.84. The van der Waals surface area contributed by atoms with Crippen LogP contribution in [-0.4, -0.2) is 54.5 Å². The van der Waals surface area contributed by atoms with Crippen molar-refractivity contribution in [2.24, 2.45) is 5.92 Å². The Labute approximate surface area is 162 Å². The molecule has 0 aliphatic carbocycles. The molecule has 0 aromatic heterocycles. The first-order valence-corrected chi connectivity index (χ1v) is 9.08. The van der Waals surface area contributed by atoms with Crippen LogP contribution >= 0.6 is 0 Å². The van der Waals surface area contributed by atoms with Crippen molar-refractivity contribution >= 4 is 23.8 Å². The second-order valence-electron chi connectivity index (χ2n) is 6.88. The minimum Gasteiger partial charge on any atom is -0.455 e. The molecule has 1 unspecified atom stereocenters. The van der Waals surface area contributed by atoms with Gasteiger partial charge in [0.2, 0.25) is 0 Å². The molecule has 4 amide bonds. The highest BCUT2D eigenvalue weighted by molar-refractivity contribution is 5.96. The van der Waals surface area contributed by atoms with Crippen LogP contribution < -0.4 is 10.6 Å². The minimum absolute atomic E-state index is 0.137. The largest absolute Gasteiger partial charge is 0.455 e. The number of rotatable bonds is 5. The molecule has 1 aliphatic rings. The summed E-state index contributed by atoms with van der Waals surface area (Å²) in [5, 5.41) is 4.54. The smallest absolute Gasteiger partial charge is 0.321 e. The van der Waals surface area contributed by atoms with Crippen LogP contribution in [-0.2, 0) is 14.3 Å². The Morgan fingerprint density at radius 3 is 2.54 bits per heavy atom. The number of imide groups is 1. The lowest BCUT2D eigenvalue weighted by Crippen LogP contribution is -2.45. The Hall–Kier alpha value is -2.97. The Kier molecular flexibility index (Phi) is 7.48. The molecule has 152 valence electrons. The molecule has 2 N–H and O–H groups in total. The molecule has 2 rings (SSSR count). The number of likely N-dealkylation sites (tertiary alicyclic amines) is 1. The molecule has 0 saturated carbocycles. The molecule has 28 heavy (non-hydrogen) atoms. The Balaban J connectivity index is 1.83. The van der Waals surface area contributed by atoms with Crippen LogP contribution in [0.15, 0.2) is 24.3 Å². The fraction of sp³-hybridized carbons (Fsp3) is 0.474. The molecular formula is C19H24FN3O5. The number of amides is 4. The number of halogens is 1. The number of nitrogens with one attached hydrogen (secondary N) is 2. The van der Waals surface area contributed by atoms with E-state index in [0.29, 0.717) is 24.9 Å². The van der Waals surface area contributed by atoms with E-state index in [-0.39, 0.29) is 18.5 Å². The van der Waals surface area contributed by atoms with E-state index in [4.69, 9.17) is 4.74 Å². The number of urea groups is 1. The highest BCUT2D eigenvalue weighted by Gasteiger charge is 2.30. The molecule has 1 atom stereocenters. The molecule has 1 aliphatic heterocycles. The summed E-state index contributed by atoms with van der Waals surface area (Å²) >= 11 is 0. The van der Waals surface area contributed by atoms with Gasteiger partial charge in [0.1, 0.15) is 5.82 Å². The summed E-state index contributed by atoms with van der Waals surface area (Å²) in [6.07, 6.45) is 1.14. The third kappa shape index (κ3) is 6.33. The first kappa shape index (κ1) is 21.3. The minimum atomic E-state index is -0.735. The van der Waals surface area contributed by atoms with Crippen LogP contribution in [0.5, 0.6) is 0 Å². The van der Waals surface area contributed by atoms with E-state index in [0.717, 1.165) is 0 Å². The second-order valence-corrected chi connectivity index (χ2v) is 6.88. The SMILES string of the molecule is CC(C)NC(=O)NC(=O)COC(=O)C1CCCN(C(=O)c2ccc(F)cc2)C1. The number of hydrogen-bond donors (Lipinski definition) is 2. The lowest BCUT2D eigenvalue weighted by atomic mass is 9.97. The zero-order valence-electron chi connectivity index (χ0n) is 15.9. The molecule has 8 nitrogen and oxygen atoms in total. The third-order valence-corrected chi connectivity index (χ3v) is 4.15. The number of nitrogens with zero attached hydrogens (tertiary/aromatic N) is 1. The summed E-state index contributed by atoms with van der Waals surface area (Å²) < 4.78 is 18.0. The summed E-state index contributed by atoms with van der Waals surface area (Å²) in [7, 11) is 0. The van der Waals surface area contributed by atoms with Gasteiger partial charge in [0.15, 0.2) is 6.61 Å². The van der Waals surface area contributed by atoms with Crippen molar-refractivity contribution in [2.45, 2.75) is 32.7 Å². The van der Waals surface area contributed by atoms with Crippen LogP contribution in [0.3, 0.4) is 0 Å². The average molecular weight is 393 g/mol. The monoisotopic (exact) mass is 393 g/mol. The van der Waals surface area contributed by atoms with Crippen LogP contribution in [0, 0.1) is 11.7 Å². The van der Waals surface area contributed by atoms with Gasteiger partial charge >= 0.3 is 12.0 Å². The molecule has 0 radical (unpaired) electrons. The van der Waals surface area contributed by atoms with Gasteiger partial charge in [0.25, 0.3) is 11.8 Å². The van der Waals surface area contributed by atoms with Crippen LogP contribution in [0.4, 0.5) is 9.18 Å². The number of esters is 1. The van der Waals surface area contributed by atoms with Gasteiger partial charge < -0.3 is 15.0 Å². The standard InChI is InChI=1S/C19H24FN3O5/c1-12(2)21-19(27)22-16(24)11-28-18(26)14-4-3-9-23(10-14)17(25)13-5-7-15(20)8-6-13/h5-8,12,14H,3-4,9-11H2,1-2H3,(H2,21,22,24,27). The molecular weight excluding hydrogens is 369 g/mol. The van der Waals surface area contributed by atoms with Gasteiger partial charge in [-0.25, -0.2) is 9.18 Å². The zero-order valence-corrected chi connectivity index (χ0v) is 15.9. The van der Waals surface area contributed by atoms with Crippen molar-refractivity contribution in [1.29, 1.82) is 0 Å². The van der Waals surface area contributed by atoms with E-state index in [2.05, 4.69) is 10.6 Å². The summed E-state index contributed by atoms with van der Waals surface area (Å²) in [6, 6.07) is 4.40. The highest BCUT2D eigenvalue weighted by Crippen LogP contribution is 2.20. The number of piperidine rings is 1. The third-order valence-electron chi connectivity index (χ3n) is 4.15. The van der Waals surface area contributed by atoms with E-state index < -0.39 is 36.2 Å². The average Bonchev–Trinajstić information content (AvgIpc) is 2.65. The van der Waals surface area contributed by atoms with Crippen molar-refractivity contribution in [3.8, 4) is 0 Å². The molecule has 0 bridgehead atoms. The molecule has 9 heteroatoms. The summed E-state index contributed by atoms with van der Waals surface area (Å²) in [5.74, 6) is -2.62. The van der Waals surface area contributed by atoms with Gasteiger partial charge in [-0.3, -0.25) is 19.7 Å². The van der Waals surface area contributed by atoms with Gasteiger partial charge in [-0.05, 0) is 51.0 Å². The molecule has 1 fully saturated rings. The van der Waals surface area contributed by atoms with Crippen LogP contribution in [0.25, 0.3) is 0 Å². The van der Waals surface area contributed by atoms with E-state index in [1.807, 2.05) is 0 Å². The van der Waals surface area contributed by atoms with Gasteiger partial charge in [-0.2, -0.15) is 0 Å². The second kappa shape index (κ2) is 9.82. The topological polar surface area (TPSA) is 105 Å². The Morgan fingerprint density at radius 1 is 1.21 bits per heavy atom. The van der Waals surface area contributed by atoms with Crippen molar-refractivity contribution in [3.63, 3.8) is 0 Å². The van der Waals surface area contributed by atoms with Gasteiger partial charge in [0, 0.05) is 24.7 Å². The molecule has 0 spiro atoms. The molecule has 1 saturated heterocycles. The predicted octanol–water partition coefficient (Wildman–Crippen LogP) is 1.46. The maximum atomic E-state index is 13.0. The molecule has 1 aromatic rings. The van der Waals surface area contributed by atoms with Crippen LogP contribution in [0.2, 0.25) is 0 Å². The fourth-order valence-corrected chi connectivity index (χ4v) is 2.84. The molecule has 1 aromatic carbocycles. The Bertz CT molecular complexity index is 736. The van der Waals surface area contributed by atoms with E-state index >= 15 is 0 Å². The maximum Gasteiger partial charge on any atom is 0.321 e. The van der Waals surface area contributed by atoms with Crippen molar-refractivity contribution in [3.05, 3.63) is 35.6 Å². The predicted molar refractivity (Wildman–Crippen MR) is 97.8 cm³/mol. The highest BCUT2D eigenvalue weighted by atomic mass is 19.1. The van der Waals surface area contributed by atoms with Gasteiger partial charge in [-0.1, -0.05) is 0 Å². The summed E-state index contributed by atoms with van der Waals surface area (Å²) in [5.41, 5.74) is 0.339. The Morgan fingerprint density at radius 2 is 1.89 bits per heavy atom. The maximum absolute atomic E-state index is 13.0. The number of hydrogen-bond acceptors (Lipinski definition) is 5. The molecule has 1 heterocycles. The normalized spacial score (nSPS) is 16.4. The zero-order chi connectivity index (χ0) is 20.7. The lowest BCUT2D eigenvalue weighted by Gasteiger charge is -2.31. The number of benzene rings is 1. The number of ether oxygens (including phenoxy) is 1. The summed E-state index contributed by atoms with van der Waals surface area (Å²) in [6.45, 7) is 3.55. The quantitative estimate of drug-likeness (QED) is 0.737. The first-order valence-electron chi connectivity index (χ1n) is 9.08. The van der Waals surface area contributed by atoms with Crippen molar-refractivity contribution in [1.82, 2.24) is 15.5 Å². The van der Waals surface area contributed by atoms with Crippen LogP contribution in [0.1, 0.15) is 37.0 Å². The van der Waals surface area contributed by atoms with E-state index in [9.17, 15) is 23.6 Å². The summed E-state index contributed by atoms with van der Waals surface area (Å²) in [4.78, 5) is 49.3. The number of carbonyl (C=O) groups is 4. The lowest BCUT2D eigenvalue weighted by molar-refractivity contribution is -0.153. The van der Waals surface area contributed by atoms with E-state index in [1.54, 1.807) is 13.8 Å². The number of carbonyl (C=O) groups excluding carboxylic acids is 4. The van der Waals surface area contributed by atoms with Gasteiger partial charge in [0.05, 0.1) is 5.92 Å². The van der Waals surface area contributed by atoms with E-state index in [1.165, 1.54) is 29.2 Å². The van der Waals surface area contributed by atoms with Crippen molar-refractivity contribution in [2.75, 3.05) is 19.7 Å². The first-order chi connectivity index (χ1) is 13.3. The van der Waals surface area contributed by atoms with Crippen molar-refractivity contribution < 1.29 is 28.3 Å².